The lowest BCUT2D eigenvalue weighted by Gasteiger charge is -2.27. The molecule has 0 rings (SSSR count). The summed E-state index contributed by atoms with van der Waals surface area (Å²) >= 11 is 0. The zero-order chi connectivity index (χ0) is 43.1. The highest BCUT2D eigenvalue weighted by atomic mass is 16.3. The molecule has 0 bridgehead atoms. The molecule has 4 atom stereocenters. The summed E-state index contributed by atoms with van der Waals surface area (Å²) in [5.74, 6) is -0.576. The molecule has 0 saturated heterocycles. The second-order valence-corrected chi connectivity index (χ2v) is 18.9. The minimum Gasteiger partial charge on any atom is -0.394 e. The predicted octanol–water partition coefficient (Wildman–Crippen LogP) is 15.1. The maximum absolute atomic E-state index is 12.6. The lowest BCUT2D eigenvalue weighted by molar-refractivity contribution is -0.132. The first-order valence-corrected chi connectivity index (χ1v) is 26.9. The third-order valence-corrected chi connectivity index (χ3v) is 13.1. The maximum Gasteiger partial charge on any atom is 0.249 e. The van der Waals surface area contributed by atoms with E-state index in [1.807, 2.05) is 0 Å². The van der Waals surface area contributed by atoms with Crippen LogP contribution in [0.3, 0.4) is 0 Å². The van der Waals surface area contributed by atoms with Gasteiger partial charge in [-0.3, -0.25) is 4.79 Å². The van der Waals surface area contributed by atoms with Gasteiger partial charge in [-0.05, 0) is 12.8 Å². The maximum atomic E-state index is 12.6. The van der Waals surface area contributed by atoms with E-state index in [9.17, 15) is 25.2 Å². The second kappa shape index (κ2) is 48.3. The largest absolute Gasteiger partial charge is 0.394 e. The Labute approximate surface area is 369 Å². The summed E-state index contributed by atoms with van der Waals surface area (Å²) < 4.78 is 0. The topological polar surface area (TPSA) is 110 Å². The van der Waals surface area contributed by atoms with Crippen molar-refractivity contribution in [2.75, 3.05) is 6.61 Å². The van der Waals surface area contributed by atoms with Crippen molar-refractivity contribution in [3.05, 3.63) is 0 Å². The van der Waals surface area contributed by atoms with Gasteiger partial charge in [0.05, 0.1) is 18.8 Å². The van der Waals surface area contributed by atoms with Crippen molar-refractivity contribution in [3.8, 4) is 0 Å². The van der Waals surface area contributed by atoms with Crippen LogP contribution >= 0.6 is 0 Å². The van der Waals surface area contributed by atoms with Crippen molar-refractivity contribution >= 4 is 5.91 Å². The van der Waals surface area contributed by atoms with Gasteiger partial charge in [0.25, 0.3) is 0 Å². The Balaban J connectivity index is 3.59. The number of amides is 1. The fraction of sp³-hybridized carbons (Fsp3) is 0.981. The standard InChI is InChI=1S/C53H107NO5/c1-3-5-7-9-11-13-15-17-19-21-23-24-25-26-27-28-29-31-33-35-37-39-41-43-45-47-51(57)53(59)54-49(48-55)52(58)50(56)46-44-42-40-38-36-34-32-30-22-20-18-16-14-12-10-8-6-4-2/h49-52,55-58H,3-48H2,1-2H3,(H,54,59). The molecule has 0 aliphatic carbocycles. The summed E-state index contributed by atoms with van der Waals surface area (Å²) in [4.78, 5) is 12.6. The third-order valence-electron chi connectivity index (χ3n) is 13.1. The Morgan fingerprint density at radius 3 is 0.814 bits per heavy atom. The summed E-state index contributed by atoms with van der Waals surface area (Å²) in [5.41, 5.74) is 0. The molecule has 0 heterocycles. The van der Waals surface area contributed by atoms with Crippen LogP contribution in [0.25, 0.3) is 0 Å². The molecule has 0 aromatic rings. The smallest absolute Gasteiger partial charge is 0.249 e. The number of carbonyl (C=O) groups is 1. The Kier molecular flexibility index (Phi) is 47.8. The average molecular weight is 838 g/mol. The van der Waals surface area contributed by atoms with E-state index in [0.29, 0.717) is 12.8 Å². The molecule has 6 nitrogen and oxygen atoms in total. The second-order valence-electron chi connectivity index (χ2n) is 18.9. The molecule has 1 amide bonds. The quantitative estimate of drug-likeness (QED) is 0.0392. The van der Waals surface area contributed by atoms with Gasteiger partial charge in [0.1, 0.15) is 12.2 Å². The molecule has 0 saturated carbocycles. The summed E-state index contributed by atoms with van der Waals surface area (Å²) in [6.45, 7) is 4.09. The molecule has 0 aromatic heterocycles. The number of aliphatic hydroxyl groups excluding tert-OH is 4. The monoisotopic (exact) mass is 838 g/mol. The minimum absolute atomic E-state index is 0.376. The summed E-state index contributed by atoms with van der Waals surface area (Å²) in [5, 5.41) is 43.9. The molecule has 6 heteroatoms. The lowest BCUT2D eigenvalue weighted by Crippen LogP contribution is -2.53. The van der Waals surface area contributed by atoms with Gasteiger partial charge in [-0.15, -0.1) is 0 Å². The van der Waals surface area contributed by atoms with Crippen molar-refractivity contribution in [1.82, 2.24) is 5.32 Å². The van der Waals surface area contributed by atoms with E-state index in [4.69, 9.17) is 0 Å². The first-order chi connectivity index (χ1) is 29.0. The summed E-state index contributed by atoms with van der Waals surface area (Å²) in [6.07, 6.45) is 54.4. The molecule has 0 fully saturated rings. The van der Waals surface area contributed by atoms with Gasteiger partial charge in [-0.25, -0.2) is 0 Å². The van der Waals surface area contributed by atoms with Gasteiger partial charge < -0.3 is 25.7 Å². The van der Waals surface area contributed by atoms with E-state index in [-0.39, 0.29) is 0 Å². The third kappa shape index (κ3) is 42.4. The number of unbranched alkanes of at least 4 members (excludes halogenated alkanes) is 41. The van der Waals surface area contributed by atoms with Gasteiger partial charge in [0.2, 0.25) is 5.91 Å². The normalized spacial score (nSPS) is 13.8. The van der Waals surface area contributed by atoms with E-state index in [1.54, 1.807) is 0 Å². The number of rotatable bonds is 50. The molecular formula is C53H107NO5. The molecule has 0 aromatic carbocycles. The highest BCUT2D eigenvalue weighted by Gasteiger charge is 2.28. The lowest BCUT2D eigenvalue weighted by atomic mass is 9.99. The number of aliphatic hydroxyl groups is 4. The van der Waals surface area contributed by atoms with Crippen LogP contribution in [0.5, 0.6) is 0 Å². The number of hydrogen-bond donors (Lipinski definition) is 5. The average Bonchev–Trinajstić information content (AvgIpc) is 3.24. The number of nitrogens with one attached hydrogen (secondary N) is 1. The van der Waals surface area contributed by atoms with Crippen LogP contribution in [-0.2, 0) is 4.79 Å². The van der Waals surface area contributed by atoms with Gasteiger partial charge >= 0.3 is 0 Å². The Bertz CT molecular complexity index is 811. The number of carbonyl (C=O) groups excluding carboxylic acids is 1. The van der Waals surface area contributed by atoms with Crippen molar-refractivity contribution in [2.24, 2.45) is 0 Å². The van der Waals surface area contributed by atoms with Crippen molar-refractivity contribution in [3.63, 3.8) is 0 Å². The van der Waals surface area contributed by atoms with Crippen LogP contribution < -0.4 is 5.32 Å². The van der Waals surface area contributed by atoms with Gasteiger partial charge in [-0.1, -0.05) is 290 Å². The van der Waals surface area contributed by atoms with Gasteiger partial charge in [-0.2, -0.15) is 0 Å². The zero-order valence-electron chi connectivity index (χ0n) is 40.0. The van der Waals surface area contributed by atoms with E-state index in [1.165, 1.54) is 238 Å². The van der Waals surface area contributed by atoms with E-state index < -0.39 is 36.9 Å². The molecular weight excluding hydrogens is 731 g/mol. The highest BCUT2D eigenvalue weighted by molar-refractivity contribution is 5.80. The molecule has 0 aliphatic rings. The minimum atomic E-state index is -1.25. The molecule has 354 valence electrons. The fourth-order valence-corrected chi connectivity index (χ4v) is 8.82. The first-order valence-electron chi connectivity index (χ1n) is 26.9. The number of hydrogen-bond acceptors (Lipinski definition) is 5. The van der Waals surface area contributed by atoms with E-state index in [2.05, 4.69) is 19.2 Å². The molecule has 0 aliphatic heterocycles. The summed E-state index contributed by atoms with van der Waals surface area (Å²) in [7, 11) is 0. The predicted molar refractivity (Wildman–Crippen MR) is 256 cm³/mol. The van der Waals surface area contributed by atoms with Gasteiger partial charge in [0.15, 0.2) is 0 Å². The highest BCUT2D eigenvalue weighted by Crippen LogP contribution is 2.18. The molecule has 5 N–H and O–H groups in total. The van der Waals surface area contributed by atoms with Crippen molar-refractivity contribution in [1.29, 1.82) is 0 Å². The van der Waals surface area contributed by atoms with E-state index in [0.717, 1.165) is 38.5 Å². The van der Waals surface area contributed by atoms with Crippen molar-refractivity contribution in [2.45, 2.75) is 327 Å². The Hall–Kier alpha value is -0.690. The van der Waals surface area contributed by atoms with Crippen LogP contribution in [0.4, 0.5) is 0 Å². The van der Waals surface area contributed by atoms with Crippen LogP contribution in [0.15, 0.2) is 0 Å². The Morgan fingerprint density at radius 2 is 0.576 bits per heavy atom. The van der Waals surface area contributed by atoms with Crippen molar-refractivity contribution < 1.29 is 25.2 Å². The van der Waals surface area contributed by atoms with Crippen LogP contribution in [0.1, 0.15) is 303 Å². The first kappa shape index (κ1) is 58.3. The van der Waals surface area contributed by atoms with Gasteiger partial charge in [0, 0.05) is 0 Å². The molecule has 0 spiro atoms. The molecule has 59 heavy (non-hydrogen) atoms. The van der Waals surface area contributed by atoms with E-state index >= 15 is 0 Å². The SMILES string of the molecule is CCCCCCCCCCCCCCCCCCCCCCCCCCCC(O)C(=O)NC(CO)C(O)C(O)CCCCCCCCCCCCCCCCCCCC. The van der Waals surface area contributed by atoms with Crippen LogP contribution in [0.2, 0.25) is 0 Å². The molecule has 0 radical (unpaired) electrons. The van der Waals surface area contributed by atoms with Crippen LogP contribution in [-0.4, -0.2) is 57.3 Å². The van der Waals surface area contributed by atoms with Crippen LogP contribution in [0, 0.1) is 0 Å². The zero-order valence-corrected chi connectivity index (χ0v) is 40.0. The fourth-order valence-electron chi connectivity index (χ4n) is 8.82. The Morgan fingerprint density at radius 1 is 0.356 bits per heavy atom. The molecule has 4 unspecified atom stereocenters. The summed E-state index contributed by atoms with van der Waals surface area (Å²) in [6, 6.07) is -0.980.